The van der Waals surface area contributed by atoms with Crippen molar-refractivity contribution in [3.63, 3.8) is 0 Å². The Kier molecular flexibility index (Phi) is 10.2. The molecule has 3 atom stereocenters. The number of hydrogen-bond acceptors (Lipinski definition) is 5. The summed E-state index contributed by atoms with van der Waals surface area (Å²) in [6.45, 7) is 7.38. The lowest BCUT2D eigenvalue weighted by atomic mass is 9.91. The van der Waals surface area contributed by atoms with Gasteiger partial charge in [-0.3, -0.25) is 0 Å². The van der Waals surface area contributed by atoms with E-state index in [9.17, 15) is 0 Å². The maximum atomic E-state index is 6.36. The van der Waals surface area contributed by atoms with Crippen LogP contribution < -0.4 is 19.1 Å². The number of fused-ring (bicyclic) bond motifs is 1. The molecule has 0 spiro atoms. The zero-order valence-electron chi connectivity index (χ0n) is 28.6. The van der Waals surface area contributed by atoms with Gasteiger partial charge in [-0.15, -0.1) is 0 Å². The van der Waals surface area contributed by atoms with Gasteiger partial charge in [0, 0.05) is 24.7 Å². The van der Waals surface area contributed by atoms with Crippen LogP contribution in [0.5, 0.6) is 17.2 Å². The second-order valence-electron chi connectivity index (χ2n) is 13.2. The van der Waals surface area contributed by atoms with Crippen LogP contribution in [0.1, 0.15) is 72.9 Å². The summed E-state index contributed by atoms with van der Waals surface area (Å²) in [4.78, 5) is 4.84. The van der Waals surface area contributed by atoms with Gasteiger partial charge in [0.2, 0.25) is 0 Å². The summed E-state index contributed by atoms with van der Waals surface area (Å²) in [5, 5.41) is 0. The van der Waals surface area contributed by atoms with E-state index < -0.39 is 0 Å². The van der Waals surface area contributed by atoms with Crippen molar-refractivity contribution in [3.8, 4) is 17.2 Å². The molecular weight excluding hydrogens is 604 g/mol. The minimum absolute atomic E-state index is 0.00570. The molecule has 250 valence electrons. The average Bonchev–Trinajstić information content (AvgIpc) is 3.29. The summed E-state index contributed by atoms with van der Waals surface area (Å²) in [6.07, 6.45) is 8.02. The zero-order chi connectivity index (χ0) is 33.4. The molecule has 5 aromatic rings. The van der Waals surface area contributed by atoms with Gasteiger partial charge in [-0.25, -0.2) is 0 Å². The van der Waals surface area contributed by atoms with E-state index in [1.807, 2.05) is 24.3 Å². The molecule has 0 amide bonds. The van der Waals surface area contributed by atoms with Crippen molar-refractivity contribution in [2.24, 2.45) is 0 Å². The monoisotopic (exact) mass is 650 g/mol. The Labute approximate surface area is 291 Å². The third-order valence-electron chi connectivity index (χ3n) is 9.71. The lowest BCUT2D eigenvalue weighted by Gasteiger charge is -2.30. The van der Waals surface area contributed by atoms with Crippen molar-refractivity contribution >= 4 is 5.69 Å². The van der Waals surface area contributed by atoms with E-state index in [0.717, 1.165) is 47.9 Å². The molecule has 0 aliphatic carbocycles. The first-order chi connectivity index (χ1) is 24.1. The summed E-state index contributed by atoms with van der Waals surface area (Å²) in [6, 6.07) is 44.7. The van der Waals surface area contributed by atoms with Gasteiger partial charge in [-0.1, -0.05) is 97.9 Å². The van der Waals surface area contributed by atoms with Crippen molar-refractivity contribution < 1.29 is 14.2 Å². The molecule has 0 fully saturated rings. The molecular formula is C44H46N2O3. The standard InChI is InChI=1S/C44H46N2O3/c1-33-42-29-41(48-32-37-15-9-6-10-16-37)25-26-43(42)46(44(33)38-19-23-39(24-20-38)47-31-36-13-7-5-8-14-36)30-35-17-21-40(22-18-35)49-34(2)45-27-11-3-4-12-28-45/h5-11,13-27,29,33-34,44H,3-4,12,28,30-32H2,1-2H3. The number of anilines is 1. The highest BCUT2D eigenvalue weighted by Crippen LogP contribution is 2.50. The second kappa shape index (κ2) is 15.4. The van der Waals surface area contributed by atoms with Crippen LogP contribution in [0.2, 0.25) is 0 Å². The third-order valence-corrected chi connectivity index (χ3v) is 9.71. The maximum Gasteiger partial charge on any atom is 0.169 e. The molecule has 7 rings (SSSR count). The van der Waals surface area contributed by atoms with Crippen molar-refractivity contribution in [1.82, 2.24) is 4.90 Å². The molecule has 0 aromatic heterocycles. The molecule has 0 N–H and O–H groups in total. The lowest BCUT2D eigenvalue weighted by Crippen LogP contribution is -2.33. The summed E-state index contributed by atoms with van der Waals surface area (Å²) in [5.41, 5.74) is 7.38. The molecule has 2 aliphatic rings. The molecule has 2 aliphatic heterocycles. The highest BCUT2D eigenvalue weighted by atomic mass is 16.5. The Morgan fingerprint density at radius 2 is 1.31 bits per heavy atom. The van der Waals surface area contributed by atoms with E-state index in [2.05, 4.69) is 139 Å². The van der Waals surface area contributed by atoms with Gasteiger partial charge in [-0.05, 0) is 103 Å². The fourth-order valence-corrected chi connectivity index (χ4v) is 7.01. The summed E-state index contributed by atoms with van der Waals surface area (Å²) in [7, 11) is 0. The minimum atomic E-state index is -0.00570. The van der Waals surface area contributed by atoms with Gasteiger partial charge >= 0.3 is 0 Å². The van der Waals surface area contributed by atoms with Crippen molar-refractivity contribution in [2.75, 3.05) is 11.4 Å². The number of allylic oxidation sites excluding steroid dienone is 1. The van der Waals surface area contributed by atoms with E-state index in [4.69, 9.17) is 14.2 Å². The first kappa shape index (κ1) is 32.4. The van der Waals surface area contributed by atoms with Crippen molar-refractivity contribution in [1.29, 1.82) is 0 Å². The highest BCUT2D eigenvalue weighted by molar-refractivity contribution is 5.65. The Balaban J connectivity index is 1.10. The number of hydrogen-bond donors (Lipinski definition) is 0. The smallest absolute Gasteiger partial charge is 0.169 e. The summed E-state index contributed by atoms with van der Waals surface area (Å²) >= 11 is 0. The normalized spacial score (nSPS) is 17.7. The molecule has 5 heteroatoms. The van der Waals surface area contributed by atoms with Crippen LogP contribution in [0.25, 0.3) is 0 Å². The summed E-state index contributed by atoms with van der Waals surface area (Å²) < 4.78 is 18.8. The lowest BCUT2D eigenvalue weighted by molar-refractivity contribution is 0.0778. The predicted molar refractivity (Wildman–Crippen MR) is 198 cm³/mol. The molecule has 0 bridgehead atoms. The van der Waals surface area contributed by atoms with Crippen LogP contribution in [0.4, 0.5) is 5.69 Å². The molecule has 2 heterocycles. The van der Waals surface area contributed by atoms with Crippen LogP contribution >= 0.6 is 0 Å². The maximum absolute atomic E-state index is 6.36. The Bertz CT molecular complexity index is 1810. The van der Waals surface area contributed by atoms with Crippen LogP contribution in [0.3, 0.4) is 0 Å². The predicted octanol–water partition coefficient (Wildman–Crippen LogP) is 10.4. The Hall–Kier alpha value is -5.16. The second-order valence-corrected chi connectivity index (χ2v) is 13.2. The highest BCUT2D eigenvalue weighted by Gasteiger charge is 2.37. The Morgan fingerprint density at radius 1 is 0.673 bits per heavy atom. The minimum Gasteiger partial charge on any atom is -0.489 e. The van der Waals surface area contributed by atoms with E-state index in [1.54, 1.807) is 0 Å². The largest absolute Gasteiger partial charge is 0.489 e. The van der Waals surface area contributed by atoms with Gasteiger partial charge in [0.25, 0.3) is 0 Å². The third kappa shape index (κ3) is 7.94. The van der Waals surface area contributed by atoms with E-state index in [0.29, 0.717) is 13.2 Å². The van der Waals surface area contributed by atoms with Gasteiger partial charge in [-0.2, -0.15) is 0 Å². The fourth-order valence-electron chi connectivity index (χ4n) is 7.01. The van der Waals surface area contributed by atoms with Crippen molar-refractivity contribution in [3.05, 3.63) is 167 Å². The van der Waals surface area contributed by atoms with Crippen molar-refractivity contribution in [2.45, 2.75) is 71.1 Å². The molecule has 0 saturated carbocycles. The average molecular weight is 651 g/mol. The first-order valence-corrected chi connectivity index (χ1v) is 17.6. The summed E-state index contributed by atoms with van der Waals surface area (Å²) in [5.74, 6) is 2.93. The topological polar surface area (TPSA) is 34.2 Å². The van der Waals surface area contributed by atoms with Crippen LogP contribution in [0, 0.1) is 0 Å². The molecule has 3 unspecified atom stereocenters. The van der Waals surface area contributed by atoms with Gasteiger partial charge in [0.05, 0.1) is 6.04 Å². The molecule has 0 saturated heterocycles. The van der Waals surface area contributed by atoms with Crippen LogP contribution in [-0.4, -0.2) is 17.7 Å². The first-order valence-electron chi connectivity index (χ1n) is 17.6. The zero-order valence-corrected chi connectivity index (χ0v) is 28.6. The number of rotatable bonds is 12. The molecule has 5 aromatic carbocycles. The molecule has 49 heavy (non-hydrogen) atoms. The van der Waals surface area contributed by atoms with E-state index >= 15 is 0 Å². The van der Waals surface area contributed by atoms with E-state index in [1.165, 1.54) is 35.2 Å². The fraction of sp³-hybridized carbons (Fsp3) is 0.273. The Morgan fingerprint density at radius 3 is 2.00 bits per heavy atom. The van der Waals surface area contributed by atoms with E-state index in [-0.39, 0.29) is 18.2 Å². The van der Waals surface area contributed by atoms with Gasteiger partial charge < -0.3 is 24.0 Å². The van der Waals surface area contributed by atoms with Crippen LogP contribution in [0.15, 0.2) is 140 Å². The van der Waals surface area contributed by atoms with Gasteiger partial charge in [0.1, 0.15) is 30.5 Å². The number of benzene rings is 5. The van der Waals surface area contributed by atoms with Gasteiger partial charge in [0.15, 0.2) is 6.23 Å². The molecule has 5 nitrogen and oxygen atoms in total. The number of ether oxygens (including phenoxy) is 3. The number of nitrogens with zero attached hydrogens (tertiary/aromatic N) is 2. The van der Waals surface area contributed by atoms with Crippen LogP contribution in [-0.2, 0) is 19.8 Å². The SMILES string of the molecule is CC1c2cc(OCc3ccccc3)ccc2N(Cc2ccc(OC(C)N3C=CCCCC3)cc2)C1c1ccc(OCc2ccccc2)cc1. The molecule has 0 radical (unpaired) electrons. The quantitative estimate of drug-likeness (QED) is 0.134.